The molecule has 0 N–H and O–H groups in total. The quantitative estimate of drug-likeness (QED) is 0.649. The number of anilines is 1. The first-order valence-electron chi connectivity index (χ1n) is 4.09. The SMILES string of the molecule is [CH2]c1cccc(N(Cl)CCC)c1. The molecule has 0 bridgehead atoms. The summed E-state index contributed by atoms with van der Waals surface area (Å²) in [7, 11) is 0. The second-order valence-corrected chi connectivity index (χ2v) is 3.16. The fourth-order valence-corrected chi connectivity index (χ4v) is 1.31. The minimum atomic E-state index is 0.866. The van der Waals surface area contributed by atoms with E-state index in [1.54, 1.807) is 4.42 Å². The minimum Gasteiger partial charge on any atom is -0.285 e. The molecule has 0 fully saturated rings. The predicted octanol–water partition coefficient (Wildman–Crippen LogP) is 3.24. The topological polar surface area (TPSA) is 3.24 Å². The van der Waals surface area contributed by atoms with Crippen LogP contribution in [0.2, 0.25) is 0 Å². The van der Waals surface area contributed by atoms with Gasteiger partial charge in [-0.3, -0.25) is 4.42 Å². The summed E-state index contributed by atoms with van der Waals surface area (Å²) in [5.41, 5.74) is 2.01. The van der Waals surface area contributed by atoms with Crippen LogP contribution in [-0.4, -0.2) is 6.54 Å². The highest BCUT2D eigenvalue weighted by atomic mass is 35.5. The Morgan fingerprint density at radius 2 is 2.25 bits per heavy atom. The third kappa shape index (κ3) is 2.42. The van der Waals surface area contributed by atoms with Gasteiger partial charge in [-0.15, -0.1) is 0 Å². The van der Waals surface area contributed by atoms with E-state index in [1.165, 1.54) is 0 Å². The summed E-state index contributed by atoms with van der Waals surface area (Å²) in [6.45, 7) is 6.81. The van der Waals surface area contributed by atoms with Gasteiger partial charge in [0.2, 0.25) is 0 Å². The van der Waals surface area contributed by atoms with Crippen LogP contribution in [0.3, 0.4) is 0 Å². The first-order chi connectivity index (χ1) is 5.74. The van der Waals surface area contributed by atoms with Crippen LogP contribution in [0.5, 0.6) is 0 Å². The number of halogens is 1. The first-order valence-corrected chi connectivity index (χ1v) is 4.43. The molecule has 0 saturated carbocycles. The zero-order chi connectivity index (χ0) is 8.97. The highest BCUT2D eigenvalue weighted by molar-refractivity contribution is 6.25. The van der Waals surface area contributed by atoms with Crippen LogP contribution >= 0.6 is 11.8 Å². The van der Waals surface area contributed by atoms with Crippen LogP contribution in [0.4, 0.5) is 5.69 Å². The summed E-state index contributed by atoms with van der Waals surface area (Å²) in [5, 5.41) is 0. The standard InChI is InChI=1S/C10H13ClN/c1-3-7-12(11)10-6-4-5-9(2)8-10/h4-6,8H,2-3,7H2,1H3. The highest BCUT2D eigenvalue weighted by Gasteiger charge is 2.00. The Labute approximate surface area is 79.1 Å². The van der Waals surface area contributed by atoms with Crippen molar-refractivity contribution in [3.05, 3.63) is 36.8 Å². The van der Waals surface area contributed by atoms with Crippen molar-refractivity contribution in [3.8, 4) is 0 Å². The Kier molecular flexibility index (Phi) is 3.42. The molecule has 0 aromatic heterocycles. The summed E-state index contributed by atoms with van der Waals surface area (Å²) in [5.74, 6) is 0. The minimum absolute atomic E-state index is 0.866. The van der Waals surface area contributed by atoms with E-state index >= 15 is 0 Å². The van der Waals surface area contributed by atoms with Gasteiger partial charge in [0, 0.05) is 18.3 Å². The number of benzene rings is 1. The second kappa shape index (κ2) is 4.36. The fraction of sp³-hybridized carbons (Fsp3) is 0.300. The van der Waals surface area contributed by atoms with Gasteiger partial charge in [0.1, 0.15) is 0 Å². The van der Waals surface area contributed by atoms with E-state index in [9.17, 15) is 0 Å². The molecule has 0 spiro atoms. The first kappa shape index (κ1) is 9.40. The molecule has 0 aliphatic rings. The lowest BCUT2D eigenvalue weighted by atomic mass is 10.2. The molecule has 2 heteroatoms. The van der Waals surface area contributed by atoms with E-state index in [4.69, 9.17) is 11.8 Å². The Morgan fingerprint density at radius 3 is 2.83 bits per heavy atom. The zero-order valence-corrected chi connectivity index (χ0v) is 8.01. The number of nitrogens with zero attached hydrogens (tertiary/aromatic N) is 1. The molecule has 1 radical (unpaired) electrons. The second-order valence-electron chi connectivity index (χ2n) is 2.76. The lowest BCUT2D eigenvalue weighted by Gasteiger charge is -2.14. The van der Waals surface area contributed by atoms with Crippen LogP contribution in [0, 0.1) is 6.92 Å². The van der Waals surface area contributed by atoms with Crippen LogP contribution in [0.15, 0.2) is 24.3 Å². The summed E-state index contributed by atoms with van der Waals surface area (Å²) in [6, 6.07) is 7.88. The van der Waals surface area contributed by atoms with Crippen molar-refractivity contribution in [2.45, 2.75) is 13.3 Å². The molecule has 1 aromatic carbocycles. The monoisotopic (exact) mass is 182 g/mol. The predicted molar refractivity (Wildman–Crippen MR) is 54.4 cm³/mol. The van der Waals surface area contributed by atoms with Crippen LogP contribution in [-0.2, 0) is 0 Å². The van der Waals surface area contributed by atoms with Gasteiger partial charge in [-0.1, -0.05) is 19.1 Å². The third-order valence-corrected chi connectivity index (χ3v) is 1.97. The molecule has 0 saturated heterocycles. The third-order valence-electron chi connectivity index (χ3n) is 1.61. The normalized spacial score (nSPS) is 9.92. The van der Waals surface area contributed by atoms with Gasteiger partial charge in [-0.2, -0.15) is 0 Å². The van der Waals surface area contributed by atoms with Crippen LogP contribution in [0.25, 0.3) is 0 Å². The Morgan fingerprint density at radius 1 is 1.50 bits per heavy atom. The van der Waals surface area contributed by atoms with E-state index in [1.807, 2.05) is 24.3 Å². The van der Waals surface area contributed by atoms with E-state index < -0.39 is 0 Å². The summed E-state index contributed by atoms with van der Waals surface area (Å²) < 4.78 is 1.72. The molecule has 12 heavy (non-hydrogen) atoms. The molecule has 0 heterocycles. The fourth-order valence-electron chi connectivity index (χ4n) is 1.03. The average Bonchev–Trinajstić information content (AvgIpc) is 2.05. The smallest absolute Gasteiger partial charge is 0.0525 e. The average molecular weight is 183 g/mol. The maximum Gasteiger partial charge on any atom is 0.0525 e. The van der Waals surface area contributed by atoms with Crippen molar-refractivity contribution in [1.82, 2.24) is 0 Å². The molecule has 65 valence electrons. The van der Waals surface area contributed by atoms with Gasteiger partial charge in [0.15, 0.2) is 0 Å². The van der Waals surface area contributed by atoms with Gasteiger partial charge in [-0.05, 0) is 31.0 Å². The number of rotatable bonds is 3. The van der Waals surface area contributed by atoms with E-state index in [0.717, 1.165) is 24.2 Å². The van der Waals surface area contributed by atoms with Crippen molar-refractivity contribution in [2.75, 3.05) is 11.0 Å². The molecular formula is C10H13ClN. The molecule has 1 nitrogen and oxygen atoms in total. The summed E-state index contributed by atoms with van der Waals surface area (Å²) in [4.78, 5) is 0. The maximum atomic E-state index is 5.98. The lowest BCUT2D eigenvalue weighted by molar-refractivity contribution is 0.924. The van der Waals surface area contributed by atoms with Gasteiger partial charge in [0.05, 0.1) is 5.69 Å². The molecule has 0 unspecified atom stereocenters. The van der Waals surface area contributed by atoms with Gasteiger partial charge < -0.3 is 0 Å². The Balaban J connectivity index is 2.73. The molecule has 1 rings (SSSR count). The van der Waals surface area contributed by atoms with Crippen LogP contribution in [0.1, 0.15) is 18.9 Å². The van der Waals surface area contributed by atoms with Crippen molar-refractivity contribution in [3.63, 3.8) is 0 Å². The zero-order valence-electron chi connectivity index (χ0n) is 7.26. The molecular weight excluding hydrogens is 170 g/mol. The van der Waals surface area contributed by atoms with Gasteiger partial charge in [-0.25, -0.2) is 0 Å². The van der Waals surface area contributed by atoms with Crippen LogP contribution < -0.4 is 4.42 Å². The molecule has 0 aliphatic carbocycles. The Bertz CT molecular complexity index is 247. The lowest BCUT2D eigenvalue weighted by Crippen LogP contribution is -2.10. The highest BCUT2D eigenvalue weighted by Crippen LogP contribution is 2.17. The molecule has 1 aromatic rings. The van der Waals surface area contributed by atoms with Crippen molar-refractivity contribution < 1.29 is 0 Å². The summed E-state index contributed by atoms with van der Waals surface area (Å²) >= 11 is 5.98. The van der Waals surface area contributed by atoms with Crippen molar-refractivity contribution in [1.29, 1.82) is 0 Å². The number of hydrogen-bond acceptors (Lipinski definition) is 1. The maximum absolute atomic E-state index is 5.98. The molecule has 0 aliphatic heterocycles. The van der Waals surface area contributed by atoms with E-state index in [-0.39, 0.29) is 0 Å². The Hall–Kier alpha value is -0.690. The number of hydrogen-bond donors (Lipinski definition) is 0. The van der Waals surface area contributed by atoms with Gasteiger partial charge >= 0.3 is 0 Å². The van der Waals surface area contributed by atoms with Crippen molar-refractivity contribution >= 4 is 17.5 Å². The largest absolute Gasteiger partial charge is 0.285 e. The molecule has 0 atom stereocenters. The van der Waals surface area contributed by atoms with Crippen molar-refractivity contribution in [2.24, 2.45) is 0 Å². The summed E-state index contributed by atoms with van der Waals surface area (Å²) in [6.07, 6.45) is 1.05. The molecule has 0 amide bonds. The van der Waals surface area contributed by atoms with E-state index in [2.05, 4.69) is 13.8 Å². The van der Waals surface area contributed by atoms with Gasteiger partial charge in [0.25, 0.3) is 0 Å². The van der Waals surface area contributed by atoms with E-state index in [0.29, 0.717) is 0 Å².